The topological polar surface area (TPSA) is 76.2 Å². The van der Waals surface area contributed by atoms with Gasteiger partial charge in [0, 0.05) is 24.8 Å². The van der Waals surface area contributed by atoms with Gasteiger partial charge in [0.25, 0.3) is 0 Å². The van der Waals surface area contributed by atoms with Crippen LogP contribution in [0.5, 0.6) is 0 Å². The highest BCUT2D eigenvalue weighted by molar-refractivity contribution is 5.77. The van der Waals surface area contributed by atoms with Gasteiger partial charge in [0.15, 0.2) is 5.82 Å². The summed E-state index contributed by atoms with van der Waals surface area (Å²) in [5, 5.41) is 0. The van der Waals surface area contributed by atoms with E-state index in [9.17, 15) is 4.39 Å². The van der Waals surface area contributed by atoms with E-state index in [-0.39, 0.29) is 5.82 Å². The molecule has 1 aromatic carbocycles. The van der Waals surface area contributed by atoms with Crippen molar-refractivity contribution in [1.82, 2.24) is 19.9 Å². The summed E-state index contributed by atoms with van der Waals surface area (Å²) in [6.45, 7) is 1.24. The van der Waals surface area contributed by atoms with Crippen molar-refractivity contribution in [3.63, 3.8) is 0 Å². The molecule has 8 heteroatoms. The monoisotopic (exact) mass is 395 g/mol. The number of aromatic amines is 1. The van der Waals surface area contributed by atoms with Crippen LogP contribution in [-0.4, -0.2) is 46.2 Å². The maximum Gasteiger partial charge on any atom is 0.225 e. The highest BCUT2D eigenvalue weighted by atomic mass is 19.1. The summed E-state index contributed by atoms with van der Waals surface area (Å²) in [6, 6.07) is 8.61. The van der Waals surface area contributed by atoms with Crippen molar-refractivity contribution in [2.75, 3.05) is 25.2 Å². The molecule has 1 saturated carbocycles. The number of nitrogens with one attached hydrogen (secondary N) is 1. The first-order valence-corrected chi connectivity index (χ1v) is 9.84. The van der Waals surface area contributed by atoms with Crippen LogP contribution < -0.4 is 4.90 Å². The first-order valence-electron chi connectivity index (χ1n) is 9.84. The fraction of sp³-hybridized carbons (Fsp3) is 0.381. The van der Waals surface area contributed by atoms with Crippen molar-refractivity contribution in [1.29, 1.82) is 0 Å². The first kappa shape index (κ1) is 18.2. The van der Waals surface area contributed by atoms with E-state index in [2.05, 4.69) is 14.9 Å². The number of rotatable bonds is 5. The van der Waals surface area contributed by atoms with Gasteiger partial charge in [-0.05, 0) is 49.6 Å². The smallest absolute Gasteiger partial charge is 0.225 e. The van der Waals surface area contributed by atoms with Gasteiger partial charge in [0.2, 0.25) is 12.2 Å². The van der Waals surface area contributed by atoms with Gasteiger partial charge in [-0.25, -0.2) is 19.3 Å². The standard InChI is InChI=1S/C21H22FN5O2/c1-27(15-7-8-15)21-23-10-9-16(24-21)18-17(13-3-5-14(22)6-4-13)25-19(26-18)20-28-11-2-12-29-20/h3-6,9-10,15,20H,2,7-8,11-12H2,1H3,(H,25,26). The largest absolute Gasteiger partial charge is 0.346 e. The van der Waals surface area contributed by atoms with Crippen molar-refractivity contribution in [3.05, 3.63) is 48.2 Å². The Labute approximate surface area is 167 Å². The van der Waals surface area contributed by atoms with Crippen molar-refractivity contribution >= 4 is 5.95 Å². The zero-order valence-corrected chi connectivity index (χ0v) is 16.1. The molecule has 0 radical (unpaired) electrons. The molecule has 150 valence electrons. The van der Waals surface area contributed by atoms with Crippen LogP contribution in [0.15, 0.2) is 36.5 Å². The fourth-order valence-corrected chi connectivity index (χ4v) is 3.43. The highest BCUT2D eigenvalue weighted by Crippen LogP contribution is 2.34. The Hall–Kier alpha value is -2.84. The Kier molecular flexibility index (Phi) is 4.73. The number of H-pyrrole nitrogens is 1. The van der Waals surface area contributed by atoms with Crippen molar-refractivity contribution in [2.45, 2.75) is 31.6 Å². The van der Waals surface area contributed by atoms with Gasteiger partial charge < -0.3 is 19.4 Å². The van der Waals surface area contributed by atoms with Crippen LogP contribution in [0.25, 0.3) is 22.6 Å². The van der Waals surface area contributed by atoms with Gasteiger partial charge >= 0.3 is 0 Å². The average Bonchev–Trinajstić information content (AvgIpc) is 3.53. The number of hydrogen-bond donors (Lipinski definition) is 1. The lowest BCUT2D eigenvalue weighted by atomic mass is 10.1. The van der Waals surface area contributed by atoms with Gasteiger partial charge in [-0.1, -0.05) is 0 Å². The van der Waals surface area contributed by atoms with Gasteiger partial charge in [-0.15, -0.1) is 0 Å². The second kappa shape index (κ2) is 7.53. The van der Waals surface area contributed by atoms with E-state index < -0.39 is 6.29 Å². The minimum Gasteiger partial charge on any atom is -0.346 e. The highest BCUT2D eigenvalue weighted by Gasteiger charge is 2.29. The number of benzene rings is 1. The number of imidazole rings is 1. The molecule has 1 saturated heterocycles. The molecule has 2 aliphatic rings. The van der Waals surface area contributed by atoms with Gasteiger partial charge in [-0.2, -0.15) is 0 Å². The summed E-state index contributed by atoms with van der Waals surface area (Å²) in [5.74, 6) is 0.964. The molecule has 29 heavy (non-hydrogen) atoms. The molecule has 3 heterocycles. The summed E-state index contributed by atoms with van der Waals surface area (Å²) in [4.78, 5) is 19.3. The van der Waals surface area contributed by atoms with Crippen LogP contribution >= 0.6 is 0 Å². The number of nitrogens with zero attached hydrogens (tertiary/aromatic N) is 4. The van der Waals surface area contributed by atoms with Crippen LogP contribution in [0.4, 0.5) is 10.3 Å². The molecule has 0 atom stereocenters. The molecular weight excluding hydrogens is 373 g/mol. The molecule has 0 unspecified atom stereocenters. The minimum absolute atomic E-state index is 0.291. The molecule has 1 aliphatic carbocycles. The third-order valence-corrected chi connectivity index (χ3v) is 5.20. The van der Waals surface area contributed by atoms with E-state index in [0.29, 0.717) is 36.7 Å². The number of hydrogen-bond acceptors (Lipinski definition) is 6. The van der Waals surface area contributed by atoms with Crippen LogP contribution in [0.1, 0.15) is 31.4 Å². The Morgan fingerprint density at radius 3 is 2.55 bits per heavy atom. The Morgan fingerprint density at radius 1 is 1.07 bits per heavy atom. The molecule has 7 nitrogen and oxygen atoms in total. The normalized spacial score (nSPS) is 17.4. The van der Waals surface area contributed by atoms with E-state index in [1.165, 1.54) is 12.1 Å². The molecule has 2 aromatic heterocycles. The fourth-order valence-electron chi connectivity index (χ4n) is 3.43. The van der Waals surface area contributed by atoms with E-state index in [4.69, 9.17) is 19.4 Å². The van der Waals surface area contributed by atoms with Crippen LogP contribution in [-0.2, 0) is 9.47 Å². The number of halogens is 1. The lowest BCUT2D eigenvalue weighted by Gasteiger charge is -2.21. The van der Waals surface area contributed by atoms with E-state index in [1.54, 1.807) is 18.3 Å². The maximum absolute atomic E-state index is 13.5. The van der Waals surface area contributed by atoms with E-state index >= 15 is 0 Å². The Morgan fingerprint density at radius 2 is 1.83 bits per heavy atom. The SMILES string of the molecule is CN(c1nccc(-c2[nH]c(C3OCCCO3)nc2-c2ccc(F)cc2)n1)C1CC1. The number of anilines is 1. The second-order valence-electron chi connectivity index (χ2n) is 7.36. The second-order valence-corrected chi connectivity index (χ2v) is 7.36. The predicted molar refractivity (Wildman–Crippen MR) is 106 cm³/mol. The van der Waals surface area contributed by atoms with Crippen LogP contribution in [0, 0.1) is 5.82 Å². The number of ether oxygens (including phenoxy) is 2. The zero-order chi connectivity index (χ0) is 19.8. The summed E-state index contributed by atoms with van der Waals surface area (Å²) >= 11 is 0. The predicted octanol–water partition coefficient (Wildman–Crippen LogP) is 3.71. The molecular formula is C21H22FN5O2. The maximum atomic E-state index is 13.5. The summed E-state index contributed by atoms with van der Waals surface area (Å²) < 4.78 is 24.9. The van der Waals surface area contributed by atoms with Gasteiger partial charge in [0.05, 0.1) is 30.3 Å². The van der Waals surface area contributed by atoms with Gasteiger partial charge in [0.1, 0.15) is 5.82 Å². The average molecular weight is 395 g/mol. The molecule has 0 bridgehead atoms. The third kappa shape index (κ3) is 3.73. The zero-order valence-electron chi connectivity index (χ0n) is 16.1. The van der Waals surface area contributed by atoms with Crippen molar-refractivity contribution in [3.8, 4) is 22.6 Å². The molecule has 5 rings (SSSR count). The first-order chi connectivity index (χ1) is 14.2. The Bertz CT molecular complexity index is 997. The van der Waals surface area contributed by atoms with Crippen LogP contribution in [0.3, 0.4) is 0 Å². The lowest BCUT2D eigenvalue weighted by molar-refractivity contribution is -0.186. The minimum atomic E-state index is -0.549. The Balaban J connectivity index is 1.57. The molecule has 1 N–H and O–H groups in total. The molecule has 1 aliphatic heterocycles. The van der Waals surface area contributed by atoms with Gasteiger partial charge in [-0.3, -0.25) is 0 Å². The summed E-state index contributed by atoms with van der Waals surface area (Å²) in [6.07, 6.45) is 4.38. The third-order valence-electron chi connectivity index (χ3n) is 5.20. The summed E-state index contributed by atoms with van der Waals surface area (Å²) in [7, 11) is 2.01. The van der Waals surface area contributed by atoms with Crippen molar-refractivity contribution in [2.24, 2.45) is 0 Å². The molecule has 3 aromatic rings. The number of aromatic nitrogens is 4. The molecule has 2 fully saturated rings. The quantitative estimate of drug-likeness (QED) is 0.710. The molecule has 0 amide bonds. The summed E-state index contributed by atoms with van der Waals surface area (Å²) in [5.41, 5.74) is 2.92. The van der Waals surface area contributed by atoms with Crippen LogP contribution in [0.2, 0.25) is 0 Å². The van der Waals surface area contributed by atoms with E-state index in [0.717, 1.165) is 36.2 Å². The molecule has 0 spiro atoms. The lowest BCUT2D eigenvalue weighted by Crippen LogP contribution is -2.22. The van der Waals surface area contributed by atoms with E-state index in [1.807, 2.05) is 13.1 Å². The van der Waals surface area contributed by atoms with Crippen molar-refractivity contribution < 1.29 is 13.9 Å².